The minimum atomic E-state index is 0.851. The Hall–Kier alpha value is -0.860. The van der Waals surface area contributed by atoms with Gasteiger partial charge in [0.05, 0.1) is 0 Å². The third-order valence-corrected chi connectivity index (χ3v) is 3.77. The van der Waals surface area contributed by atoms with E-state index in [2.05, 4.69) is 35.2 Å². The predicted molar refractivity (Wildman–Crippen MR) is 72.7 cm³/mol. The van der Waals surface area contributed by atoms with Gasteiger partial charge in [0.25, 0.3) is 0 Å². The molecule has 1 aliphatic heterocycles. The van der Waals surface area contributed by atoms with Crippen molar-refractivity contribution >= 4 is 0 Å². The number of hydrogen-bond acceptors (Lipinski definition) is 2. The van der Waals surface area contributed by atoms with Crippen molar-refractivity contribution in [1.29, 1.82) is 0 Å². The van der Waals surface area contributed by atoms with Gasteiger partial charge in [-0.05, 0) is 56.8 Å². The molecule has 2 heteroatoms. The third kappa shape index (κ3) is 4.14. The van der Waals surface area contributed by atoms with Crippen molar-refractivity contribution in [3.05, 3.63) is 35.9 Å². The largest absolute Gasteiger partial charge is 0.330 e. The summed E-state index contributed by atoms with van der Waals surface area (Å²) in [5, 5.41) is 0. The lowest BCUT2D eigenvalue weighted by Crippen LogP contribution is -2.33. The average molecular weight is 232 g/mol. The highest BCUT2D eigenvalue weighted by molar-refractivity contribution is 5.14. The zero-order valence-corrected chi connectivity index (χ0v) is 10.6. The van der Waals surface area contributed by atoms with Crippen LogP contribution in [-0.4, -0.2) is 24.5 Å². The van der Waals surface area contributed by atoms with Crippen LogP contribution in [0.1, 0.15) is 31.2 Å². The fraction of sp³-hybridized carbons (Fsp3) is 0.600. The minimum absolute atomic E-state index is 0.851. The number of nitrogens with zero attached hydrogens (tertiary/aromatic N) is 1. The Balaban J connectivity index is 1.72. The summed E-state index contributed by atoms with van der Waals surface area (Å²) in [5.41, 5.74) is 7.00. The van der Waals surface area contributed by atoms with Crippen molar-refractivity contribution in [2.75, 3.05) is 19.6 Å². The summed E-state index contributed by atoms with van der Waals surface area (Å²) < 4.78 is 0. The third-order valence-electron chi connectivity index (χ3n) is 3.77. The van der Waals surface area contributed by atoms with Gasteiger partial charge in [-0.2, -0.15) is 0 Å². The second kappa shape index (κ2) is 6.77. The van der Waals surface area contributed by atoms with Gasteiger partial charge < -0.3 is 5.73 Å². The smallest absolute Gasteiger partial charge is 0.0233 e. The number of rotatable bonds is 5. The summed E-state index contributed by atoms with van der Waals surface area (Å²) in [5.74, 6) is 0.922. The molecule has 0 saturated carbocycles. The second-order valence-electron chi connectivity index (χ2n) is 5.14. The van der Waals surface area contributed by atoms with E-state index in [0.29, 0.717) is 0 Å². The maximum Gasteiger partial charge on any atom is 0.0233 e. The topological polar surface area (TPSA) is 29.3 Å². The van der Waals surface area contributed by atoms with Crippen LogP contribution < -0.4 is 5.73 Å². The lowest BCUT2D eigenvalue weighted by molar-refractivity contribution is 0.171. The first-order chi connectivity index (χ1) is 8.38. The average Bonchev–Trinajstić information content (AvgIpc) is 2.39. The first kappa shape index (κ1) is 12.6. The van der Waals surface area contributed by atoms with Crippen LogP contribution >= 0.6 is 0 Å². The van der Waals surface area contributed by atoms with Gasteiger partial charge in [-0.25, -0.2) is 0 Å². The van der Waals surface area contributed by atoms with Crippen LogP contribution in [-0.2, 0) is 6.54 Å². The molecule has 0 aliphatic carbocycles. The van der Waals surface area contributed by atoms with E-state index >= 15 is 0 Å². The number of piperidine rings is 1. The Kier molecular flexibility index (Phi) is 5.02. The standard InChI is InChI=1S/C15H24N2/c16-10-4-7-14-8-11-17(12-9-14)13-15-5-2-1-3-6-15/h1-3,5-6,14H,4,7-13,16H2. The molecule has 94 valence electrons. The summed E-state index contributed by atoms with van der Waals surface area (Å²) in [6.07, 6.45) is 5.23. The first-order valence-electron chi connectivity index (χ1n) is 6.85. The van der Waals surface area contributed by atoms with Gasteiger partial charge in [0.1, 0.15) is 0 Å². The molecular weight excluding hydrogens is 208 g/mol. The highest BCUT2D eigenvalue weighted by Crippen LogP contribution is 2.22. The van der Waals surface area contributed by atoms with Crippen LogP contribution in [0.25, 0.3) is 0 Å². The summed E-state index contributed by atoms with van der Waals surface area (Å²) >= 11 is 0. The molecule has 2 N–H and O–H groups in total. The molecule has 0 radical (unpaired) electrons. The van der Waals surface area contributed by atoms with E-state index in [1.165, 1.54) is 44.3 Å². The molecule has 2 nitrogen and oxygen atoms in total. The Morgan fingerprint density at radius 3 is 2.47 bits per heavy atom. The van der Waals surface area contributed by atoms with Crippen LogP contribution in [0.3, 0.4) is 0 Å². The van der Waals surface area contributed by atoms with E-state index in [0.717, 1.165) is 19.0 Å². The number of likely N-dealkylation sites (tertiary alicyclic amines) is 1. The number of nitrogens with two attached hydrogens (primary N) is 1. The van der Waals surface area contributed by atoms with E-state index in [4.69, 9.17) is 5.73 Å². The molecule has 1 aliphatic rings. The predicted octanol–water partition coefficient (Wildman–Crippen LogP) is 2.64. The van der Waals surface area contributed by atoms with Crippen LogP contribution in [0.2, 0.25) is 0 Å². The normalized spacial score (nSPS) is 18.4. The van der Waals surface area contributed by atoms with E-state index in [-0.39, 0.29) is 0 Å². The molecule has 1 fully saturated rings. The molecule has 2 rings (SSSR count). The molecule has 1 heterocycles. The molecular formula is C15H24N2. The molecule has 1 aromatic rings. The van der Waals surface area contributed by atoms with Crippen molar-refractivity contribution < 1.29 is 0 Å². The summed E-state index contributed by atoms with van der Waals surface area (Å²) in [4.78, 5) is 2.58. The van der Waals surface area contributed by atoms with E-state index < -0.39 is 0 Å². The maximum atomic E-state index is 5.56. The van der Waals surface area contributed by atoms with E-state index in [9.17, 15) is 0 Å². The monoisotopic (exact) mass is 232 g/mol. The Morgan fingerprint density at radius 1 is 1.12 bits per heavy atom. The molecule has 0 bridgehead atoms. The molecule has 1 saturated heterocycles. The van der Waals surface area contributed by atoms with Crippen LogP contribution in [0.5, 0.6) is 0 Å². The van der Waals surface area contributed by atoms with Crippen LogP contribution in [0, 0.1) is 5.92 Å². The van der Waals surface area contributed by atoms with Crippen molar-refractivity contribution in [2.24, 2.45) is 11.7 Å². The molecule has 0 aromatic heterocycles. The summed E-state index contributed by atoms with van der Waals surface area (Å²) in [7, 11) is 0. The molecule has 0 amide bonds. The number of benzene rings is 1. The van der Waals surface area contributed by atoms with Crippen molar-refractivity contribution in [2.45, 2.75) is 32.2 Å². The molecule has 17 heavy (non-hydrogen) atoms. The Labute approximate surface area is 105 Å². The van der Waals surface area contributed by atoms with Gasteiger partial charge in [-0.1, -0.05) is 30.3 Å². The van der Waals surface area contributed by atoms with Crippen molar-refractivity contribution in [1.82, 2.24) is 4.90 Å². The Bertz CT molecular complexity index is 302. The fourth-order valence-electron chi connectivity index (χ4n) is 2.68. The van der Waals surface area contributed by atoms with Gasteiger partial charge in [-0.3, -0.25) is 4.90 Å². The highest BCUT2D eigenvalue weighted by atomic mass is 15.1. The van der Waals surface area contributed by atoms with E-state index in [1.54, 1.807) is 0 Å². The summed E-state index contributed by atoms with van der Waals surface area (Å²) in [6, 6.07) is 10.8. The van der Waals surface area contributed by atoms with Crippen LogP contribution in [0.15, 0.2) is 30.3 Å². The molecule has 0 atom stereocenters. The van der Waals surface area contributed by atoms with Gasteiger partial charge in [0, 0.05) is 6.54 Å². The van der Waals surface area contributed by atoms with Gasteiger partial charge >= 0.3 is 0 Å². The minimum Gasteiger partial charge on any atom is -0.330 e. The maximum absolute atomic E-state index is 5.56. The van der Waals surface area contributed by atoms with Crippen molar-refractivity contribution in [3.8, 4) is 0 Å². The SMILES string of the molecule is NCCCC1CCN(Cc2ccccc2)CC1. The van der Waals surface area contributed by atoms with Gasteiger partial charge in [0.15, 0.2) is 0 Å². The van der Waals surface area contributed by atoms with Crippen LogP contribution in [0.4, 0.5) is 0 Å². The zero-order chi connectivity index (χ0) is 11.9. The Morgan fingerprint density at radius 2 is 1.82 bits per heavy atom. The van der Waals surface area contributed by atoms with Crippen molar-refractivity contribution in [3.63, 3.8) is 0 Å². The van der Waals surface area contributed by atoms with E-state index in [1.807, 2.05) is 0 Å². The molecule has 0 spiro atoms. The summed E-state index contributed by atoms with van der Waals surface area (Å²) in [6.45, 7) is 4.48. The fourth-order valence-corrected chi connectivity index (χ4v) is 2.68. The molecule has 0 unspecified atom stereocenters. The lowest BCUT2D eigenvalue weighted by atomic mass is 9.92. The van der Waals surface area contributed by atoms with Gasteiger partial charge in [-0.15, -0.1) is 0 Å². The van der Waals surface area contributed by atoms with Gasteiger partial charge in [0.2, 0.25) is 0 Å². The second-order valence-corrected chi connectivity index (χ2v) is 5.14. The quantitative estimate of drug-likeness (QED) is 0.845. The highest BCUT2D eigenvalue weighted by Gasteiger charge is 2.18. The zero-order valence-electron chi connectivity index (χ0n) is 10.6. The lowest BCUT2D eigenvalue weighted by Gasteiger charge is -2.32. The first-order valence-corrected chi connectivity index (χ1v) is 6.85. The number of hydrogen-bond donors (Lipinski definition) is 1. The molecule has 1 aromatic carbocycles.